The standard InChI is InChI=1S/C42H78N2/c1-7-9-11-13-15-17-19-21-23-25-27-29-31-35-40(5)43-38-34-33-37-42(39(3)4)44-41(6)36-32-30-28-26-24-22-20-18-16-14-12-10-8-2/h17-20,42-44H,3,5-16,21-38H2,1-2,4H3/b19-17-,20-18-/t42-/m0/s1. The third-order valence-corrected chi connectivity index (χ3v) is 8.75. The molecule has 2 N–H and O–H groups in total. The summed E-state index contributed by atoms with van der Waals surface area (Å²) < 4.78 is 0. The van der Waals surface area contributed by atoms with Gasteiger partial charge in [0.1, 0.15) is 0 Å². The molecule has 0 radical (unpaired) electrons. The highest BCUT2D eigenvalue weighted by Gasteiger charge is 2.10. The highest BCUT2D eigenvalue weighted by molar-refractivity contribution is 5.07. The van der Waals surface area contributed by atoms with Crippen LogP contribution in [0.1, 0.15) is 194 Å². The maximum atomic E-state index is 4.33. The number of hydrogen-bond donors (Lipinski definition) is 2. The van der Waals surface area contributed by atoms with E-state index in [4.69, 9.17) is 0 Å². The molecular formula is C42H78N2. The summed E-state index contributed by atoms with van der Waals surface area (Å²) in [5, 5.41) is 7.25. The molecule has 2 nitrogen and oxygen atoms in total. The average Bonchev–Trinajstić information content (AvgIpc) is 3.00. The molecule has 256 valence electrons. The predicted octanol–water partition coefficient (Wildman–Crippen LogP) is 13.8. The molecule has 0 fully saturated rings. The number of allylic oxidation sites excluding steroid dienone is 6. The van der Waals surface area contributed by atoms with Crippen LogP contribution >= 0.6 is 0 Å². The first kappa shape index (κ1) is 42.3. The molecule has 0 rings (SSSR count). The summed E-state index contributed by atoms with van der Waals surface area (Å²) in [6.07, 6.45) is 44.5. The molecule has 0 aliphatic rings. The average molecular weight is 611 g/mol. The fourth-order valence-electron chi connectivity index (χ4n) is 5.70. The van der Waals surface area contributed by atoms with E-state index in [1.807, 2.05) is 0 Å². The van der Waals surface area contributed by atoms with Crippen molar-refractivity contribution in [2.24, 2.45) is 0 Å². The Hall–Kier alpha value is -1.70. The predicted molar refractivity (Wildman–Crippen MR) is 202 cm³/mol. The highest BCUT2D eigenvalue weighted by atomic mass is 14.9. The van der Waals surface area contributed by atoms with Gasteiger partial charge in [0, 0.05) is 24.0 Å². The summed E-state index contributed by atoms with van der Waals surface area (Å²) in [6, 6.07) is 0.348. The highest BCUT2D eigenvalue weighted by Crippen LogP contribution is 2.15. The zero-order valence-electron chi connectivity index (χ0n) is 30.3. The van der Waals surface area contributed by atoms with Gasteiger partial charge in [-0.25, -0.2) is 0 Å². The molecule has 0 aliphatic heterocycles. The summed E-state index contributed by atoms with van der Waals surface area (Å²) in [5.41, 5.74) is 3.62. The van der Waals surface area contributed by atoms with Crippen LogP contribution in [0.3, 0.4) is 0 Å². The largest absolute Gasteiger partial charge is 0.389 e. The van der Waals surface area contributed by atoms with E-state index in [-0.39, 0.29) is 0 Å². The van der Waals surface area contributed by atoms with Gasteiger partial charge in [0.2, 0.25) is 0 Å². The monoisotopic (exact) mass is 611 g/mol. The third-order valence-electron chi connectivity index (χ3n) is 8.75. The van der Waals surface area contributed by atoms with Gasteiger partial charge in [0.15, 0.2) is 0 Å². The molecule has 1 atom stereocenters. The van der Waals surface area contributed by atoms with Crippen LogP contribution in [0.5, 0.6) is 0 Å². The zero-order chi connectivity index (χ0) is 32.4. The Kier molecular flexibility index (Phi) is 32.9. The van der Waals surface area contributed by atoms with Crippen LogP contribution in [0.25, 0.3) is 0 Å². The minimum Gasteiger partial charge on any atom is -0.389 e. The lowest BCUT2D eigenvalue weighted by Gasteiger charge is -2.22. The molecule has 0 saturated heterocycles. The molecule has 0 heterocycles. The van der Waals surface area contributed by atoms with Gasteiger partial charge in [-0.2, -0.15) is 0 Å². The smallest absolute Gasteiger partial charge is 0.0465 e. The Labute approximate surface area is 277 Å². The van der Waals surface area contributed by atoms with Crippen LogP contribution in [-0.2, 0) is 0 Å². The van der Waals surface area contributed by atoms with Crippen LogP contribution in [0.4, 0.5) is 0 Å². The van der Waals surface area contributed by atoms with Gasteiger partial charge in [0.25, 0.3) is 0 Å². The Morgan fingerprint density at radius 3 is 1.36 bits per heavy atom. The van der Waals surface area contributed by atoms with Crippen molar-refractivity contribution in [3.8, 4) is 0 Å². The van der Waals surface area contributed by atoms with Gasteiger partial charge in [0.05, 0.1) is 0 Å². The SMILES string of the molecule is C=C(CCCCCCC/C=C\CCCCCC)NCCCC[C@H](NC(=C)CCCCCCC/C=C\CCCCCC)C(=C)C. The first-order chi connectivity index (χ1) is 21.5. The van der Waals surface area contributed by atoms with E-state index in [1.54, 1.807) is 0 Å². The van der Waals surface area contributed by atoms with Crippen molar-refractivity contribution in [3.05, 3.63) is 61.0 Å². The molecule has 0 aromatic heterocycles. The van der Waals surface area contributed by atoms with Crippen molar-refractivity contribution in [1.82, 2.24) is 10.6 Å². The number of unbranched alkanes of at least 4 members (excludes halogenated alkanes) is 19. The molecule has 0 saturated carbocycles. The molecule has 0 aliphatic carbocycles. The second kappa shape index (κ2) is 34.2. The van der Waals surface area contributed by atoms with Crippen molar-refractivity contribution in [1.29, 1.82) is 0 Å². The van der Waals surface area contributed by atoms with E-state index < -0.39 is 0 Å². The van der Waals surface area contributed by atoms with Gasteiger partial charge < -0.3 is 10.6 Å². The number of rotatable bonds is 35. The quantitative estimate of drug-likeness (QED) is 0.0551. The van der Waals surface area contributed by atoms with E-state index in [0.29, 0.717) is 6.04 Å². The van der Waals surface area contributed by atoms with Crippen molar-refractivity contribution in [2.45, 2.75) is 200 Å². The van der Waals surface area contributed by atoms with Gasteiger partial charge in [-0.05, 0) is 103 Å². The molecule has 0 spiro atoms. The van der Waals surface area contributed by atoms with Crippen LogP contribution in [0, 0.1) is 0 Å². The molecule has 0 amide bonds. The maximum Gasteiger partial charge on any atom is 0.0465 e. The lowest BCUT2D eigenvalue weighted by molar-refractivity contribution is 0.523. The van der Waals surface area contributed by atoms with E-state index >= 15 is 0 Å². The van der Waals surface area contributed by atoms with Crippen molar-refractivity contribution in [3.63, 3.8) is 0 Å². The van der Waals surface area contributed by atoms with Gasteiger partial charge in [-0.15, -0.1) is 0 Å². The van der Waals surface area contributed by atoms with Crippen LogP contribution < -0.4 is 10.6 Å². The fourth-order valence-corrected chi connectivity index (χ4v) is 5.70. The topological polar surface area (TPSA) is 24.1 Å². The Balaban J connectivity index is 3.67. The molecule has 2 heteroatoms. The summed E-state index contributed by atoms with van der Waals surface area (Å²) in [6.45, 7) is 20.6. The summed E-state index contributed by atoms with van der Waals surface area (Å²) in [4.78, 5) is 0. The Bertz CT molecular complexity index is 715. The molecule has 0 unspecified atom stereocenters. The fraction of sp³-hybridized carbons (Fsp3) is 0.762. The first-order valence-electron chi connectivity index (χ1n) is 19.3. The minimum absolute atomic E-state index is 0.348. The second-order valence-electron chi connectivity index (χ2n) is 13.4. The van der Waals surface area contributed by atoms with E-state index in [0.717, 1.165) is 25.8 Å². The second-order valence-corrected chi connectivity index (χ2v) is 13.4. The summed E-state index contributed by atoms with van der Waals surface area (Å²) in [7, 11) is 0. The first-order valence-corrected chi connectivity index (χ1v) is 19.3. The van der Waals surface area contributed by atoms with E-state index in [2.05, 4.69) is 75.4 Å². The lowest BCUT2D eigenvalue weighted by Crippen LogP contribution is -2.29. The number of nitrogens with one attached hydrogen (secondary N) is 2. The Morgan fingerprint density at radius 2 is 0.909 bits per heavy atom. The zero-order valence-corrected chi connectivity index (χ0v) is 30.3. The van der Waals surface area contributed by atoms with Crippen molar-refractivity contribution in [2.75, 3.05) is 6.54 Å². The molecular weight excluding hydrogens is 532 g/mol. The minimum atomic E-state index is 0.348. The van der Waals surface area contributed by atoms with Crippen LogP contribution in [-0.4, -0.2) is 12.6 Å². The normalized spacial score (nSPS) is 12.2. The number of hydrogen-bond acceptors (Lipinski definition) is 2. The summed E-state index contributed by atoms with van der Waals surface area (Å²) >= 11 is 0. The Morgan fingerprint density at radius 1 is 0.500 bits per heavy atom. The van der Waals surface area contributed by atoms with Gasteiger partial charge >= 0.3 is 0 Å². The summed E-state index contributed by atoms with van der Waals surface area (Å²) in [5.74, 6) is 0. The molecule has 0 aromatic rings. The van der Waals surface area contributed by atoms with Crippen LogP contribution in [0.2, 0.25) is 0 Å². The van der Waals surface area contributed by atoms with E-state index in [1.165, 1.54) is 171 Å². The molecule has 0 aromatic carbocycles. The lowest BCUT2D eigenvalue weighted by atomic mass is 10.0. The third kappa shape index (κ3) is 31.7. The maximum absolute atomic E-state index is 4.33. The van der Waals surface area contributed by atoms with Crippen molar-refractivity contribution >= 4 is 0 Å². The van der Waals surface area contributed by atoms with Gasteiger partial charge in [-0.3, -0.25) is 0 Å². The van der Waals surface area contributed by atoms with E-state index in [9.17, 15) is 0 Å². The molecule has 44 heavy (non-hydrogen) atoms. The van der Waals surface area contributed by atoms with Crippen LogP contribution in [0.15, 0.2) is 61.0 Å². The molecule has 0 bridgehead atoms. The van der Waals surface area contributed by atoms with Gasteiger partial charge in [-0.1, -0.05) is 141 Å². The van der Waals surface area contributed by atoms with Crippen molar-refractivity contribution < 1.29 is 0 Å².